The SMILES string of the molecule is Cc1nc(C(=O)NC2COC2)ccc1N1CCN(Cc2ccc3c(=S)n(C)c(=O)[nH]c3c2)CC1. The highest BCUT2D eigenvalue weighted by Gasteiger charge is 2.23. The molecular formula is C24H28N6O3S. The predicted octanol–water partition coefficient (Wildman–Crippen LogP) is 1.75. The minimum absolute atomic E-state index is 0.0895. The zero-order chi connectivity index (χ0) is 23.8. The fourth-order valence-corrected chi connectivity index (χ4v) is 4.71. The molecule has 0 aliphatic carbocycles. The number of aromatic amines is 1. The Morgan fingerprint density at radius 3 is 2.65 bits per heavy atom. The molecule has 34 heavy (non-hydrogen) atoms. The molecule has 0 bridgehead atoms. The lowest BCUT2D eigenvalue weighted by atomic mass is 10.1. The summed E-state index contributed by atoms with van der Waals surface area (Å²) < 4.78 is 7.11. The summed E-state index contributed by atoms with van der Waals surface area (Å²) >= 11 is 5.40. The number of piperazine rings is 1. The summed E-state index contributed by atoms with van der Waals surface area (Å²) in [6.07, 6.45) is 0. The second-order valence-corrected chi connectivity index (χ2v) is 9.33. The summed E-state index contributed by atoms with van der Waals surface area (Å²) in [5.41, 5.74) is 4.09. The van der Waals surface area contributed by atoms with Crippen LogP contribution in [0.4, 0.5) is 5.69 Å². The molecule has 178 valence electrons. The molecule has 2 N–H and O–H groups in total. The third-order valence-electron chi connectivity index (χ3n) is 6.55. The van der Waals surface area contributed by atoms with Gasteiger partial charge in [-0.3, -0.25) is 14.3 Å². The summed E-state index contributed by atoms with van der Waals surface area (Å²) in [4.78, 5) is 36.6. The molecule has 2 aliphatic rings. The number of carbonyl (C=O) groups is 1. The number of benzene rings is 1. The molecule has 2 fully saturated rings. The number of anilines is 1. The van der Waals surface area contributed by atoms with E-state index in [1.165, 1.54) is 4.57 Å². The predicted molar refractivity (Wildman–Crippen MR) is 133 cm³/mol. The third-order valence-corrected chi connectivity index (χ3v) is 7.04. The molecule has 1 aromatic carbocycles. The van der Waals surface area contributed by atoms with E-state index in [9.17, 15) is 9.59 Å². The maximum atomic E-state index is 12.4. The zero-order valence-electron chi connectivity index (χ0n) is 19.3. The van der Waals surface area contributed by atoms with Crippen LogP contribution < -0.4 is 15.9 Å². The summed E-state index contributed by atoms with van der Waals surface area (Å²) in [6, 6.07) is 9.97. The van der Waals surface area contributed by atoms with E-state index >= 15 is 0 Å². The molecule has 0 radical (unpaired) electrons. The van der Waals surface area contributed by atoms with Crippen molar-refractivity contribution in [2.75, 3.05) is 44.3 Å². The highest BCUT2D eigenvalue weighted by molar-refractivity contribution is 7.71. The number of hydrogen-bond donors (Lipinski definition) is 2. The van der Waals surface area contributed by atoms with Gasteiger partial charge in [0, 0.05) is 45.2 Å². The molecule has 3 aromatic rings. The molecule has 10 heteroatoms. The molecule has 0 spiro atoms. The van der Waals surface area contributed by atoms with Crippen LogP contribution in [0.1, 0.15) is 21.7 Å². The van der Waals surface area contributed by atoms with Crippen LogP contribution in [0.5, 0.6) is 0 Å². The van der Waals surface area contributed by atoms with E-state index in [1.54, 1.807) is 13.1 Å². The zero-order valence-corrected chi connectivity index (χ0v) is 20.2. The van der Waals surface area contributed by atoms with Crippen molar-refractivity contribution in [2.24, 2.45) is 7.05 Å². The van der Waals surface area contributed by atoms with Crippen LogP contribution in [-0.2, 0) is 18.3 Å². The topological polar surface area (TPSA) is 95.5 Å². The summed E-state index contributed by atoms with van der Waals surface area (Å²) in [6.45, 7) is 7.47. The number of aromatic nitrogens is 3. The van der Waals surface area contributed by atoms with Gasteiger partial charge in [-0.2, -0.15) is 0 Å². The smallest absolute Gasteiger partial charge is 0.326 e. The molecule has 0 saturated carbocycles. The maximum Gasteiger partial charge on any atom is 0.326 e. The van der Waals surface area contributed by atoms with Crippen LogP contribution in [0, 0.1) is 11.6 Å². The van der Waals surface area contributed by atoms with Gasteiger partial charge in [0.15, 0.2) is 0 Å². The molecule has 1 amide bonds. The first-order valence-corrected chi connectivity index (χ1v) is 11.9. The van der Waals surface area contributed by atoms with E-state index in [2.05, 4.69) is 31.2 Å². The van der Waals surface area contributed by atoms with E-state index in [0.717, 1.165) is 60.6 Å². The number of pyridine rings is 1. The van der Waals surface area contributed by atoms with Crippen LogP contribution in [-0.4, -0.2) is 70.8 Å². The molecule has 5 rings (SSSR count). The van der Waals surface area contributed by atoms with Gasteiger partial charge in [0.1, 0.15) is 10.3 Å². The number of amides is 1. The molecule has 4 heterocycles. The molecule has 0 unspecified atom stereocenters. The molecular weight excluding hydrogens is 452 g/mol. The van der Waals surface area contributed by atoms with Crippen LogP contribution in [0.25, 0.3) is 10.9 Å². The van der Waals surface area contributed by atoms with Crippen molar-refractivity contribution < 1.29 is 9.53 Å². The van der Waals surface area contributed by atoms with Gasteiger partial charge in [-0.15, -0.1) is 0 Å². The van der Waals surface area contributed by atoms with Gasteiger partial charge in [-0.1, -0.05) is 18.3 Å². The standard InChI is InChI=1S/C24H28N6O3S/c1-15-21(6-5-19(25-15)22(31)26-17-13-33-14-17)30-9-7-29(8-10-30)12-16-3-4-18-20(11-16)27-24(32)28(2)23(18)34/h3-6,11,17H,7-10,12-14H2,1-2H3,(H,26,31)(H,27,32). The van der Waals surface area contributed by atoms with Crippen LogP contribution in [0.2, 0.25) is 0 Å². The largest absolute Gasteiger partial charge is 0.377 e. The molecule has 9 nitrogen and oxygen atoms in total. The second-order valence-electron chi connectivity index (χ2n) is 8.95. The van der Waals surface area contributed by atoms with Gasteiger partial charge < -0.3 is 19.9 Å². The Morgan fingerprint density at radius 2 is 1.97 bits per heavy atom. The van der Waals surface area contributed by atoms with Crippen molar-refractivity contribution >= 4 is 34.7 Å². The van der Waals surface area contributed by atoms with Gasteiger partial charge in [0.25, 0.3) is 5.91 Å². The summed E-state index contributed by atoms with van der Waals surface area (Å²) in [7, 11) is 1.68. The Bertz CT molecular complexity index is 1360. The lowest BCUT2D eigenvalue weighted by molar-refractivity contribution is -0.00355. The first-order valence-electron chi connectivity index (χ1n) is 11.4. The van der Waals surface area contributed by atoms with E-state index < -0.39 is 0 Å². The van der Waals surface area contributed by atoms with Crippen molar-refractivity contribution in [1.29, 1.82) is 0 Å². The number of fused-ring (bicyclic) bond motifs is 1. The summed E-state index contributed by atoms with van der Waals surface area (Å²) in [5, 5.41) is 3.82. The highest BCUT2D eigenvalue weighted by atomic mass is 32.1. The number of aryl methyl sites for hydroxylation is 1. The minimum atomic E-state index is -0.201. The van der Waals surface area contributed by atoms with Crippen LogP contribution >= 0.6 is 12.2 Å². The number of ether oxygens (including phenoxy) is 1. The van der Waals surface area contributed by atoms with Crippen molar-refractivity contribution in [3.63, 3.8) is 0 Å². The normalized spacial score (nSPS) is 17.1. The first-order chi connectivity index (χ1) is 16.4. The number of carbonyl (C=O) groups excluding carboxylic acids is 1. The van der Waals surface area contributed by atoms with Gasteiger partial charge in [-0.25, -0.2) is 9.78 Å². The van der Waals surface area contributed by atoms with Gasteiger partial charge >= 0.3 is 5.69 Å². The van der Waals surface area contributed by atoms with Gasteiger partial charge in [0.05, 0.1) is 36.2 Å². The van der Waals surface area contributed by atoms with E-state index in [-0.39, 0.29) is 17.6 Å². The lowest BCUT2D eigenvalue weighted by Gasteiger charge is -2.36. The van der Waals surface area contributed by atoms with Gasteiger partial charge in [-0.05, 0) is 36.8 Å². The number of rotatable bonds is 5. The van der Waals surface area contributed by atoms with Crippen molar-refractivity contribution in [1.82, 2.24) is 24.8 Å². The summed E-state index contributed by atoms with van der Waals surface area (Å²) in [5.74, 6) is -0.151. The number of nitrogens with one attached hydrogen (secondary N) is 2. The molecule has 0 atom stereocenters. The lowest BCUT2D eigenvalue weighted by Crippen LogP contribution is -2.48. The highest BCUT2D eigenvalue weighted by Crippen LogP contribution is 2.22. The molecule has 2 saturated heterocycles. The fraction of sp³-hybridized carbons (Fsp3) is 0.417. The van der Waals surface area contributed by atoms with Gasteiger partial charge in [0.2, 0.25) is 0 Å². The van der Waals surface area contributed by atoms with Crippen LogP contribution in [0.3, 0.4) is 0 Å². The van der Waals surface area contributed by atoms with Crippen molar-refractivity contribution in [3.8, 4) is 0 Å². The average molecular weight is 481 g/mol. The number of hydrogen-bond acceptors (Lipinski definition) is 7. The third kappa shape index (κ3) is 4.48. The Labute approximate surface area is 202 Å². The average Bonchev–Trinajstić information content (AvgIpc) is 2.80. The van der Waals surface area contributed by atoms with E-state index in [0.29, 0.717) is 23.5 Å². The Hall–Kier alpha value is -3.08. The van der Waals surface area contributed by atoms with E-state index in [4.69, 9.17) is 17.0 Å². The van der Waals surface area contributed by atoms with Crippen molar-refractivity contribution in [2.45, 2.75) is 19.5 Å². The Morgan fingerprint density at radius 1 is 1.21 bits per heavy atom. The first kappa shape index (κ1) is 22.7. The fourth-order valence-electron chi connectivity index (χ4n) is 4.45. The quantitative estimate of drug-likeness (QED) is 0.537. The molecule has 2 aliphatic heterocycles. The molecule has 2 aromatic heterocycles. The van der Waals surface area contributed by atoms with E-state index in [1.807, 2.05) is 25.1 Å². The van der Waals surface area contributed by atoms with Crippen LogP contribution in [0.15, 0.2) is 35.1 Å². The number of nitrogens with zero attached hydrogens (tertiary/aromatic N) is 4. The second kappa shape index (κ2) is 9.28. The monoisotopic (exact) mass is 480 g/mol. The number of H-pyrrole nitrogens is 1. The minimum Gasteiger partial charge on any atom is -0.377 e. The van der Waals surface area contributed by atoms with Crippen molar-refractivity contribution in [3.05, 3.63) is 62.4 Å². The Kier molecular flexibility index (Phi) is 6.20. The maximum absolute atomic E-state index is 12.4. The Balaban J connectivity index is 1.22.